The second-order valence-electron chi connectivity index (χ2n) is 8.19. The van der Waals surface area contributed by atoms with Crippen molar-refractivity contribution in [1.82, 2.24) is 19.1 Å². The molecule has 8 nitrogen and oxygen atoms in total. The first-order chi connectivity index (χ1) is 15.9. The summed E-state index contributed by atoms with van der Waals surface area (Å²) in [5.41, 5.74) is 2.72. The molecule has 9 heteroatoms. The zero-order valence-electron chi connectivity index (χ0n) is 18.5. The molecular formula is C24H25N5O3S. The van der Waals surface area contributed by atoms with Gasteiger partial charge in [0.1, 0.15) is 16.8 Å². The summed E-state index contributed by atoms with van der Waals surface area (Å²) < 4.78 is 34.5. The van der Waals surface area contributed by atoms with Crippen molar-refractivity contribution in [2.24, 2.45) is 0 Å². The average molecular weight is 464 g/mol. The van der Waals surface area contributed by atoms with Crippen LogP contribution in [-0.4, -0.2) is 60.0 Å². The molecule has 2 aromatic heterocycles. The first kappa shape index (κ1) is 21.4. The van der Waals surface area contributed by atoms with E-state index in [9.17, 15) is 8.42 Å². The molecule has 0 radical (unpaired) electrons. The Kier molecular flexibility index (Phi) is 5.51. The van der Waals surface area contributed by atoms with Gasteiger partial charge in [0.05, 0.1) is 18.3 Å². The number of anilines is 1. The van der Waals surface area contributed by atoms with Gasteiger partial charge in [0.2, 0.25) is 10.0 Å². The fourth-order valence-electron chi connectivity index (χ4n) is 3.94. The Morgan fingerprint density at radius 3 is 2.52 bits per heavy atom. The molecule has 2 aromatic carbocycles. The summed E-state index contributed by atoms with van der Waals surface area (Å²) in [4.78, 5) is 6.51. The molecule has 3 heterocycles. The highest BCUT2D eigenvalue weighted by Crippen LogP contribution is 2.27. The maximum absolute atomic E-state index is 13.0. The number of pyridine rings is 1. The van der Waals surface area contributed by atoms with Crippen molar-refractivity contribution < 1.29 is 13.2 Å². The van der Waals surface area contributed by atoms with Gasteiger partial charge in [-0.15, -0.1) is 0 Å². The average Bonchev–Trinajstić information content (AvgIpc) is 3.22. The van der Waals surface area contributed by atoms with Gasteiger partial charge in [-0.1, -0.05) is 30.3 Å². The molecule has 5 rings (SSSR count). The molecule has 0 atom stereocenters. The van der Waals surface area contributed by atoms with Crippen LogP contribution >= 0.6 is 0 Å². The molecule has 33 heavy (non-hydrogen) atoms. The summed E-state index contributed by atoms with van der Waals surface area (Å²) in [6.45, 7) is 1.14. The van der Waals surface area contributed by atoms with Crippen LogP contribution in [0.3, 0.4) is 0 Å². The van der Waals surface area contributed by atoms with Gasteiger partial charge in [-0.2, -0.15) is 5.10 Å². The van der Waals surface area contributed by atoms with E-state index in [1.807, 2.05) is 76.4 Å². The van der Waals surface area contributed by atoms with E-state index in [-0.39, 0.29) is 0 Å². The molecule has 1 fully saturated rings. The topological polar surface area (TPSA) is 80.6 Å². The summed E-state index contributed by atoms with van der Waals surface area (Å²) in [5.74, 6) is 1.49. The monoisotopic (exact) mass is 463 g/mol. The van der Waals surface area contributed by atoms with Gasteiger partial charge in [-0.3, -0.25) is 0 Å². The lowest BCUT2D eigenvalue weighted by molar-refractivity contribution is 0.414. The van der Waals surface area contributed by atoms with Gasteiger partial charge >= 0.3 is 0 Å². The van der Waals surface area contributed by atoms with Gasteiger partial charge in [0, 0.05) is 50.5 Å². The van der Waals surface area contributed by atoms with E-state index in [0.29, 0.717) is 19.6 Å². The quantitative estimate of drug-likeness (QED) is 0.419. The minimum atomic E-state index is -3.42. The number of nitrogens with zero attached hydrogens (tertiary/aromatic N) is 5. The number of para-hydroxylation sites is 1. The van der Waals surface area contributed by atoms with Crippen LogP contribution in [0.25, 0.3) is 16.6 Å². The molecule has 4 aromatic rings. The fraction of sp³-hybridized carbons (Fsp3) is 0.250. The summed E-state index contributed by atoms with van der Waals surface area (Å²) in [7, 11) is -0.184. The van der Waals surface area contributed by atoms with Crippen molar-refractivity contribution in [2.45, 2.75) is 11.8 Å². The van der Waals surface area contributed by atoms with Gasteiger partial charge in [0.15, 0.2) is 0 Å². The van der Waals surface area contributed by atoms with Crippen molar-refractivity contribution in [3.63, 3.8) is 0 Å². The molecular weight excluding hydrogens is 438 g/mol. The second-order valence-corrected chi connectivity index (χ2v) is 10.5. The van der Waals surface area contributed by atoms with Crippen molar-refractivity contribution in [3.05, 3.63) is 78.6 Å². The van der Waals surface area contributed by atoms with E-state index in [1.165, 1.54) is 4.31 Å². The summed E-state index contributed by atoms with van der Waals surface area (Å²) >= 11 is 0. The lowest BCUT2D eigenvalue weighted by Crippen LogP contribution is -2.58. The number of methoxy groups -OCH3 is 1. The third-order valence-corrected chi connectivity index (χ3v) is 8.13. The smallest absolute Gasteiger partial charge is 0.220 e. The lowest BCUT2D eigenvalue weighted by atomic mass is 10.2. The molecule has 1 aliphatic rings. The van der Waals surface area contributed by atoms with Crippen LogP contribution < -0.4 is 9.64 Å². The van der Waals surface area contributed by atoms with Gasteiger partial charge in [-0.25, -0.2) is 22.4 Å². The maximum Gasteiger partial charge on any atom is 0.220 e. The number of hydrogen-bond donors (Lipinski definition) is 0. The Bertz CT molecular complexity index is 1360. The van der Waals surface area contributed by atoms with Crippen molar-refractivity contribution in [1.29, 1.82) is 0 Å². The van der Waals surface area contributed by atoms with Crippen LogP contribution in [0.15, 0.2) is 73.1 Å². The Balaban J connectivity index is 1.26. The van der Waals surface area contributed by atoms with Crippen molar-refractivity contribution in [3.8, 4) is 11.4 Å². The molecule has 170 valence electrons. The highest BCUT2D eigenvalue weighted by atomic mass is 32.2. The third-order valence-electron chi connectivity index (χ3n) is 5.99. The first-order valence-corrected chi connectivity index (χ1v) is 12.2. The number of ether oxygens (including phenoxy) is 1. The Morgan fingerprint density at radius 2 is 1.82 bits per heavy atom. The molecule has 0 unspecified atom stereocenters. The first-order valence-electron chi connectivity index (χ1n) is 10.7. The molecule has 0 amide bonds. The van der Waals surface area contributed by atoms with Crippen LogP contribution in [0.2, 0.25) is 0 Å². The van der Waals surface area contributed by atoms with Crippen molar-refractivity contribution >= 4 is 26.7 Å². The van der Waals surface area contributed by atoms with E-state index >= 15 is 0 Å². The predicted octanol–water partition coefficient (Wildman–Crippen LogP) is 3.08. The van der Waals surface area contributed by atoms with Gasteiger partial charge in [0.25, 0.3) is 0 Å². The molecule has 0 N–H and O–H groups in total. The minimum absolute atomic E-state index is 0.323. The lowest BCUT2D eigenvalue weighted by Gasteiger charge is -2.40. The maximum atomic E-state index is 13.0. The van der Waals surface area contributed by atoms with Crippen LogP contribution in [0.1, 0.15) is 5.56 Å². The number of sulfonamides is 1. The van der Waals surface area contributed by atoms with Gasteiger partial charge in [-0.05, 0) is 29.8 Å². The van der Waals surface area contributed by atoms with E-state index < -0.39 is 15.3 Å². The molecule has 0 saturated carbocycles. The van der Waals surface area contributed by atoms with Crippen LogP contribution in [0.4, 0.5) is 5.82 Å². The number of aromatic nitrogens is 3. The second kappa shape index (κ2) is 8.49. The van der Waals surface area contributed by atoms with Crippen LogP contribution in [-0.2, 0) is 16.6 Å². The van der Waals surface area contributed by atoms with Crippen LogP contribution in [0.5, 0.6) is 5.75 Å². The highest BCUT2D eigenvalue weighted by molar-refractivity contribution is 7.89. The van der Waals surface area contributed by atoms with E-state index in [1.54, 1.807) is 20.4 Å². The number of hydrogen-bond acceptors (Lipinski definition) is 6. The number of rotatable bonds is 7. The van der Waals surface area contributed by atoms with E-state index in [2.05, 4.69) is 10.1 Å². The highest BCUT2D eigenvalue weighted by Gasteiger charge is 2.40. The summed E-state index contributed by atoms with van der Waals surface area (Å²) in [6.07, 6.45) is 3.73. The largest absolute Gasteiger partial charge is 0.497 e. The minimum Gasteiger partial charge on any atom is -0.497 e. The van der Waals surface area contributed by atoms with Crippen molar-refractivity contribution in [2.75, 3.05) is 32.1 Å². The Hall–Kier alpha value is -3.43. The fourth-order valence-corrected chi connectivity index (χ4v) is 5.51. The molecule has 0 spiro atoms. The number of benzene rings is 2. The number of fused-ring (bicyclic) bond motifs is 1. The summed E-state index contributed by atoms with van der Waals surface area (Å²) in [5, 5.41) is 5.13. The normalized spacial score (nSPS) is 14.6. The third kappa shape index (κ3) is 4.17. The molecule has 1 aliphatic heterocycles. The standard InChI is InChI=1S/C24H25N5O3S/c1-27(14-18-8-10-21(32-2)11-9-18)33(30,31)22-16-28(17-22)24-12-23-19(13-25-24)15-29(26-23)20-6-4-3-5-7-20/h3-13,15,22H,14,16-17H2,1-2H3. The molecule has 1 saturated heterocycles. The molecule has 0 aliphatic carbocycles. The zero-order valence-corrected chi connectivity index (χ0v) is 19.3. The van der Waals surface area contributed by atoms with E-state index in [4.69, 9.17) is 4.74 Å². The summed E-state index contributed by atoms with van der Waals surface area (Å²) in [6, 6.07) is 19.2. The Morgan fingerprint density at radius 1 is 1.09 bits per heavy atom. The van der Waals surface area contributed by atoms with E-state index in [0.717, 1.165) is 33.7 Å². The SMILES string of the molecule is COc1ccc(CN(C)S(=O)(=O)C2CN(c3cc4nn(-c5ccccc5)cc4cn3)C2)cc1. The van der Waals surface area contributed by atoms with Crippen LogP contribution in [0, 0.1) is 0 Å². The Labute approximate surface area is 193 Å². The van der Waals surface area contributed by atoms with Gasteiger partial charge < -0.3 is 9.64 Å². The predicted molar refractivity (Wildman–Crippen MR) is 128 cm³/mol. The molecule has 0 bridgehead atoms. The zero-order chi connectivity index (χ0) is 23.0.